The molecule has 0 aliphatic carbocycles. The summed E-state index contributed by atoms with van der Waals surface area (Å²) in [6.07, 6.45) is 2.39. The van der Waals surface area contributed by atoms with E-state index in [4.69, 9.17) is 23.2 Å². The van der Waals surface area contributed by atoms with E-state index in [1.165, 1.54) is 6.20 Å². The van der Waals surface area contributed by atoms with Gasteiger partial charge in [-0.2, -0.15) is 0 Å². The molecular weight excluding hydrogens is 435 g/mol. The van der Waals surface area contributed by atoms with Crippen molar-refractivity contribution in [2.45, 2.75) is 13.0 Å². The average Bonchev–Trinajstić information content (AvgIpc) is 2.76. The lowest BCUT2D eigenvalue weighted by molar-refractivity contribution is 0.102. The molecule has 3 amide bonds. The van der Waals surface area contributed by atoms with E-state index >= 15 is 0 Å². The number of nitrogens with zero attached hydrogens (tertiary/aromatic N) is 3. The lowest BCUT2D eigenvalue weighted by Crippen LogP contribution is -2.49. The molecule has 1 aliphatic rings. The second-order valence-corrected chi connectivity index (χ2v) is 7.98. The van der Waals surface area contributed by atoms with Gasteiger partial charge in [-0.15, -0.1) is 0 Å². The molecule has 6 nitrogen and oxygen atoms in total. The standard InChI is InChI=1S/C23H20Cl2N4O2/c24-17-5-1-4-16(14-17)15-28-12-3-13-29(23(28)31)19-9-7-18(8-10-19)27-22(30)20-6-2-11-26-21(20)25/h1-2,4-11,14H,3,12-13,15H2,(H,27,30). The minimum Gasteiger partial charge on any atom is -0.322 e. The van der Waals surface area contributed by atoms with Gasteiger partial charge in [-0.25, -0.2) is 9.78 Å². The maximum absolute atomic E-state index is 13.0. The van der Waals surface area contributed by atoms with Crippen LogP contribution in [-0.4, -0.2) is 34.9 Å². The van der Waals surface area contributed by atoms with Gasteiger partial charge < -0.3 is 10.2 Å². The molecule has 0 spiro atoms. The summed E-state index contributed by atoms with van der Waals surface area (Å²) in [6.45, 7) is 1.85. The fourth-order valence-electron chi connectivity index (χ4n) is 3.50. The fourth-order valence-corrected chi connectivity index (χ4v) is 3.92. The number of aromatic nitrogens is 1. The zero-order valence-electron chi connectivity index (χ0n) is 16.6. The smallest absolute Gasteiger partial charge is 0.322 e. The van der Waals surface area contributed by atoms with Crippen molar-refractivity contribution in [1.82, 2.24) is 9.88 Å². The summed E-state index contributed by atoms with van der Waals surface area (Å²) in [6, 6.07) is 17.9. The molecule has 1 aliphatic heterocycles. The summed E-state index contributed by atoms with van der Waals surface area (Å²) in [5.41, 5.74) is 2.68. The molecule has 0 bridgehead atoms. The summed E-state index contributed by atoms with van der Waals surface area (Å²) in [5, 5.41) is 3.60. The van der Waals surface area contributed by atoms with Gasteiger partial charge in [0.1, 0.15) is 5.15 Å². The normalized spacial score (nSPS) is 13.9. The van der Waals surface area contributed by atoms with Crippen LogP contribution in [0.1, 0.15) is 22.3 Å². The highest BCUT2D eigenvalue weighted by atomic mass is 35.5. The van der Waals surface area contributed by atoms with Gasteiger partial charge in [-0.1, -0.05) is 35.3 Å². The minimum absolute atomic E-state index is 0.0508. The minimum atomic E-state index is -0.340. The predicted octanol–water partition coefficient (Wildman–Crippen LogP) is 5.47. The summed E-state index contributed by atoms with van der Waals surface area (Å²) in [5.74, 6) is -0.340. The summed E-state index contributed by atoms with van der Waals surface area (Å²) >= 11 is 12.0. The lowest BCUT2D eigenvalue weighted by atomic mass is 10.1. The Labute approximate surface area is 190 Å². The maximum Gasteiger partial charge on any atom is 0.324 e. The monoisotopic (exact) mass is 454 g/mol. The van der Waals surface area contributed by atoms with E-state index in [-0.39, 0.29) is 17.1 Å². The van der Waals surface area contributed by atoms with Crippen molar-refractivity contribution in [1.29, 1.82) is 0 Å². The molecule has 4 rings (SSSR count). The Morgan fingerprint density at radius 3 is 2.58 bits per heavy atom. The lowest BCUT2D eigenvalue weighted by Gasteiger charge is -2.35. The van der Waals surface area contributed by atoms with Gasteiger partial charge in [0.25, 0.3) is 5.91 Å². The van der Waals surface area contributed by atoms with Crippen molar-refractivity contribution in [3.8, 4) is 0 Å². The van der Waals surface area contributed by atoms with E-state index in [1.807, 2.05) is 41.3 Å². The topological polar surface area (TPSA) is 65.5 Å². The first-order valence-electron chi connectivity index (χ1n) is 9.84. The Morgan fingerprint density at radius 1 is 1.03 bits per heavy atom. The van der Waals surface area contributed by atoms with Crippen LogP contribution in [0.5, 0.6) is 0 Å². The van der Waals surface area contributed by atoms with E-state index < -0.39 is 0 Å². The van der Waals surface area contributed by atoms with Crippen LogP contribution >= 0.6 is 23.2 Å². The number of amides is 3. The highest BCUT2D eigenvalue weighted by molar-refractivity contribution is 6.33. The van der Waals surface area contributed by atoms with Gasteiger partial charge in [-0.05, 0) is 60.5 Å². The molecule has 31 heavy (non-hydrogen) atoms. The molecule has 1 saturated heterocycles. The number of carbonyl (C=O) groups excluding carboxylic acids is 2. The molecule has 0 atom stereocenters. The first-order valence-corrected chi connectivity index (χ1v) is 10.6. The Bertz CT molecular complexity index is 1100. The van der Waals surface area contributed by atoms with Crippen LogP contribution in [0.4, 0.5) is 16.2 Å². The number of rotatable bonds is 5. The van der Waals surface area contributed by atoms with Crippen LogP contribution in [0.25, 0.3) is 0 Å². The summed E-state index contributed by atoms with van der Waals surface area (Å²) < 4.78 is 0. The van der Waals surface area contributed by atoms with Crippen molar-refractivity contribution in [2.75, 3.05) is 23.3 Å². The number of benzene rings is 2. The number of pyridine rings is 1. The van der Waals surface area contributed by atoms with Crippen molar-refractivity contribution >= 4 is 46.5 Å². The van der Waals surface area contributed by atoms with Crippen LogP contribution in [0.3, 0.4) is 0 Å². The summed E-state index contributed by atoms with van der Waals surface area (Å²) in [7, 11) is 0. The van der Waals surface area contributed by atoms with Crippen LogP contribution in [-0.2, 0) is 6.54 Å². The number of carbonyl (C=O) groups is 2. The van der Waals surface area contributed by atoms with Crippen molar-refractivity contribution in [2.24, 2.45) is 0 Å². The molecule has 1 aromatic heterocycles. The van der Waals surface area contributed by atoms with E-state index in [0.717, 1.165) is 17.7 Å². The van der Waals surface area contributed by atoms with Crippen LogP contribution in [0.15, 0.2) is 66.9 Å². The second-order valence-electron chi connectivity index (χ2n) is 7.18. The number of hydrogen-bond donors (Lipinski definition) is 1. The molecule has 8 heteroatoms. The molecule has 158 valence electrons. The van der Waals surface area contributed by atoms with Gasteiger partial charge in [0.05, 0.1) is 5.56 Å². The van der Waals surface area contributed by atoms with E-state index in [9.17, 15) is 9.59 Å². The van der Waals surface area contributed by atoms with E-state index in [2.05, 4.69) is 10.3 Å². The molecule has 1 fully saturated rings. The van der Waals surface area contributed by atoms with Gasteiger partial charge in [0.15, 0.2) is 0 Å². The Kier molecular flexibility index (Phi) is 6.39. The Hall–Kier alpha value is -3.09. The van der Waals surface area contributed by atoms with Gasteiger partial charge in [-0.3, -0.25) is 9.69 Å². The third kappa shape index (κ3) is 4.98. The molecule has 0 saturated carbocycles. The Morgan fingerprint density at radius 2 is 1.84 bits per heavy atom. The largest absolute Gasteiger partial charge is 0.324 e. The molecule has 1 N–H and O–H groups in total. The van der Waals surface area contributed by atoms with E-state index in [1.54, 1.807) is 29.2 Å². The van der Waals surface area contributed by atoms with E-state index in [0.29, 0.717) is 35.9 Å². The van der Waals surface area contributed by atoms with Crippen molar-refractivity contribution in [3.63, 3.8) is 0 Å². The third-order valence-electron chi connectivity index (χ3n) is 5.01. The number of hydrogen-bond acceptors (Lipinski definition) is 3. The zero-order valence-corrected chi connectivity index (χ0v) is 18.1. The quantitative estimate of drug-likeness (QED) is 0.519. The number of halogens is 2. The second kappa shape index (κ2) is 9.37. The SMILES string of the molecule is O=C(Nc1ccc(N2CCCN(Cc3cccc(Cl)c3)C2=O)cc1)c1cccnc1Cl. The first-order chi connectivity index (χ1) is 15.0. The van der Waals surface area contributed by atoms with Gasteiger partial charge in [0.2, 0.25) is 0 Å². The fraction of sp³-hybridized carbons (Fsp3) is 0.174. The molecule has 0 unspecified atom stereocenters. The first kappa shape index (κ1) is 21.2. The number of nitrogens with one attached hydrogen (secondary N) is 1. The van der Waals surface area contributed by atoms with Crippen molar-refractivity contribution in [3.05, 3.63) is 88.2 Å². The predicted molar refractivity (Wildman–Crippen MR) is 123 cm³/mol. The maximum atomic E-state index is 13.0. The van der Waals surface area contributed by atoms with Gasteiger partial charge >= 0.3 is 6.03 Å². The van der Waals surface area contributed by atoms with Crippen molar-refractivity contribution < 1.29 is 9.59 Å². The molecule has 3 aromatic rings. The molecular formula is C23H20Cl2N4O2. The summed E-state index contributed by atoms with van der Waals surface area (Å²) in [4.78, 5) is 32.9. The highest BCUT2D eigenvalue weighted by Gasteiger charge is 2.26. The third-order valence-corrected chi connectivity index (χ3v) is 5.55. The molecule has 2 heterocycles. The zero-order chi connectivity index (χ0) is 21.8. The number of urea groups is 1. The van der Waals surface area contributed by atoms with Crippen LogP contribution in [0, 0.1) is 0 Å². The average molecular weight is 455 g/mol. The Balaban J connectivity index is 1.44. The highest BCUT2D eigenvalue weighted by Crippen LogP contribution is 2.24. The van der Waals surface area contributed by atoms with Crippen LogP contribution in [0.2, 0.25) is 10.2 Å². The molecule has 0 radical (unpaired) electrons. The molecule has 2 aromatic carbocycles. The van der Waals surface area contributed by atoms with Crippen LogP contribution < -0.4 is 10.2 Å². The van der Waals surface area contributed by atoms with Gasteiger partial charge in [0, 0.05) is 42.2 Å². The number of anilines is 2.